The number of benzene rings is 1. The van der Waals surface area contributed by atoms with Gasteiger partial charge in [-0.05, 0) is 24.3 Å². The number of rotatable bonds is 4. The Hall–Kier alpha value is -2.82. The zero-order valence-electron chi connectivity index (χ0n) is 11.7. The van der Waals surface area contributed by atoms with Crippen LogP contribution in [0, 0.1) is 0 Å². The van der Waals surface area contributed by atoms with Crippen LogP contribution < -0.4 is 0 Å². The second-order valence-corrected chi connectivity index (χ2v) is 4.10. The second kappa shape index (κ2) is 6.56. The van der Waals surface area contributed by atoms with Gasteiger partial charge in [0.15, 0.2) is 0 Å². The van der Waals surface area contributed by atoms with E-state index in [1.807, 2.05) is 0 Å². The number of hydrogen-bond acceptors (Lipinski definition) is 5. The van der Waals surface area contributed by atoms with E-state index in [4.69, 9.17) is 13.9 Å². The van der Waals surface area contributed by atoms with Gasteiger partial charge in [-0.2, -0.15) is 0 Å². The molecule has 0 aliphatic heterocycles. The standard InChI is InChI=1S/C16H14O5/c1-19-15(17)13-8-4-3-7-12(13)14(16(18)20-2)10-11-6-5-9-21-11/h3-10H,1-2H3/b14-10+. The second-order valence-electron chi connectivity index (χ2n) is 4.10. The van der Waals surface area contributed by atoms with Crippen molar-refractivity contribution in [1.29, 1.82) is 0 Å². The molecule has 21 heavy (non-hydrogen) atoms. The molecule has 0 saturated heterocycles. The SMILES string of the molecule is COC(=O)/C(=C/c1ccco1)c1ccccc1C(=O)OC. The van der Waals surface area contributed by atoms with Gasteiger partial charge in [0.25, 0.3) is 0 Å². The maximum Gasteiger partial charge on any atom is 0.338 e. The lowest BCUT2D eigenvalue weighted by Gasteiger charge is -2.10. The molecule has 0 saturated carbocycles. The summed E-state index contributed by atoms with van der Waals surface area (Å²) < 4.78 is 14.7. The fourth-order valence-corrected chi connectivity index (χ4v) is 1.88. The highest BCUT2D eigenvalue weighted by atomic mass is 16.5. The lowest BCUT2D eigenvalue weighted by Crippen LogP contribution is -2.10. The molecular formula is C16H14O5. The number of methoxy groups -OCH3 is 2. The van der Waals surface area contributed by atoms with Crippen molar-refractivity contribution >= 4 is 23.6 Å². The quantitative estimate of drug-likeness (QED) is 0.638. The largest absolute Gasteiger partial charge is 0.465 e. The number of esters is 2. The molecular weight excluding hydrogens is 272 g/mol. The predicted molar refractivity (Wildman–Crippen MR) is 76.4 cm³/mol. The first-order chi connectivity index (χ1) is 10.2. The minimum Gasteiger partial charge on any atom is -0.465 e. The van der Waals surface area contributed by atoms with Gasteiger partial charge in [0.05, 0.1) is 31.6 Å². The van der Waals surface area contributed by atoms with Crippen molar-refractivity contribution in [3.63, 3.8) is 0 Å². The minimum absolute atomic E-state index is 0.216. The van der Waals surface area contributed by atoms with Crippen molar-refractivity contribution in [2.45, 2.75) is 0 Å². The molecule has 108 valence electrons. The summed E-state index contributed by atoms with van der Waals surface area (Å²) in [5, 5.41) is 0. The minimum atomic E-state index is -0.567. The van der Waals surface area contributed by atoms with E-state index in [-0.39, 0.29) is 11.1 Å². The van der Waals surface area contributed by atoms with Crippen LogP contribution in [0.25, 0.3) is 11.6 Å². The van der Waals surface area contributed by atoms with E-state index in [1.165, 1.54) is 26.6 Å². The molecule has 1 heterocycles. The fraction of sp³-hybridized carbons (Fsp3) is 0.125. The van der Waals surface area contributed by atoms with E-state index < -0.39 is 11.9 Å². The molecule has 0 atom stereocenters. The van der Waals surface area contributed by atoms with Crippen LogP contribution in [-0.4, -0.2) is 26.2 Å². The first kappa shape index (κ1) is 14.6. The molecule has 0 fully saturated rings. The number of hydrogen-bond donors (Lipinski definition) is 0. The van der Waals surface area contributed by atoms with E-state index in [0.717, 1.165) is 0 Å². The monoisotopic (exact) mass is 286 g/mol. The zero-order chi connectivity index (χ0) is 15.2. The summed E-state index contributed by atoms with van der Waals surface area (Å²) in [6.07, 6.45) is 3.01. The smallest absolute Gasteiger partial charge is 0.338 e. The molecule has 2 aromatic rings. The molecule has 2 rings (SSSR count). The molecule has 0 spiro atoms. The molecule has 1 aromatic heterocycles. The molecule has 5 heteroatoms. The summed E-state index contributed by atoms with van der Waals surface area (Å²) in [5.74, 6) is -0.613. The maximum atomic E-state index is 12.0. The molecule has 0 aliphatic carbocycles. The average molecular weight is 286 g/mol. The molecule has 5 nitrogen and oxygen atoms in total. The Balaban J connectivity index is 2.58. The Morgan fingerprint density at radius 1 is 1.00 bits per heavy atom. The zero-order valence-corrected chi connectivity index (χ0v) is 11.7. The fourth-order valence-electron chi connectivity index (χ4n) is 1.88. The number of ether oxygens (including phenoxy) is 2. The summed E-state index contributed by atoms with van der Waals surface area (Å²) in [6, 6.07) is 10.0. The van der Waals surface area contributed by atoms with Gasteiger partial charge >= 0.3 is 11.9 Å². The first-order valence-electron chi connectivity index (χ1n) is 6.18. The highest BCUT2D eigenvalue weighted by molar-refractivity contribution is 6.23. The van der Waals surface area contributed by atoms with Crippen molar-refractivity contribution in [2.24, 2.45) is 0 Å². The van der Waals surface area contributed by atoms with Crippen LogP contribution in [0.2, 0.25) is 0 Å². The van der Waals surface area contributed by atoms with Crippen molar-refractivity contribution in [2.75, 3.05) is 14.2 Å². The van der Waals surface area contributed by atoms with Gasteiger partial charge in [-0.3, -0.25) is 0 Å². The summed E-state index contributed by atoms with van der Waals surface area (Å²) in [7, 11) is 2.56. The number of carbonyl (C=O) groups excluding carboxylic acids is 2. The van der Waals surface area contributed by atoms with E-state index in [1.54, 1.807) is 36.4 Å². The normalized spacial score (nSPS) is 11.0. The Morgan fingerprint density at radius 2 is 1.71 bits per heavy atom. The van der Waals surface area contributed by atoms with E-state index >= 15 is 0 Å². The van der Waals surface area contributed by atoms with Crippen LogP contribution in [-0.2, 0) is 14.3 Å². The molecule has 0 bridgehead atoms. The molecule has 0 amide bonds. The highest BCUT2D eigenvalue weighted by Crippen LogP contribution is 2.24. The van der Waals surface area contributed by atoms with Crippen LogP contribution in [0.1, 0.15) is 21.7 Å². The summed E-state index contributed by atoms with van der Waals surface area (Å²) in [4.78, 5) is 23.8. The Kier molecular flexibility index (Phi) is 4.56. The van der Waals surface area contributed by atoms with E-state index in [2.05, 4.69) is 0 Å². The number of carbonyl (C=O) groups is 2. The molecule has 1 aromatic carbocycles. The van der Waals surface area contributed by atoms with Gasteiger partial charge in [0.1, 0.15) is 5.76 Å². The Morgan fingerprint density at radius 3 is 2.29 bits per heavy atom. The van der Waals surface area contributed by atoms with E-state index in [9.17, 15) is 9.59 Å². The summed E-state index contributed by atoms with van der Waals surface area (Å²) >= 11 is 0. The topological polar surface area (TPSA) is 65.7 Å². The molecule has 0 radical (unpaired) electrons. The van der Waals surface area contributed by atoms with Crippen molar-refractivity contribution in [1.82, 2.24) is 0 Å². The van der Waals surface area contributed by atoms with Gasteiger partial charge < -0.3 is 13.9 Å². The average Bonchev–Trinajstić information content (AvgIpc) is 3.04. The van der Waals surface area contributed by atoms with Crippen LogP contribution in [0.15, 0.2) is 47.1 Å². The maximum absolute atomic E-state index is 12.0. The first-order valence-corrected chi connectivity index (χ1v) is 6.18. The summed E-state index contributed by atoms with van der Waals surface area (Å²) in [6.45, 7) is 0. The van der Waals surface area contributed by atoms with Crippen molar-refractivity contribution in [3.05, 3.63) is 59.5 Å². The highest BCUT2D eigenvalue weighted by Gasteiger charge is 2.20. The lowest BCUT2D eigenvalue weighted by atomic mass is 9.99. The third-order valence-corrected chi connectivity index (χ3v) is 2.86. The van der Waals surface area contributed by atoms with Gasteiger partial charge in [-0.15, -0.1) is 0 Å². The molecule has 0 aliphatic rings. The third kappa shape index (κ3) is 3.20. The lowest BCUT2D eigenvalue weighted by molar-refractivity contribution is -0.133. The van der Waals surface area contributed by atoms with Crippen LogP contribution in [0.5, 0.6) is 0 Å². The molecule has 0 unspecified atom stereocenters. The Labute approximate surface area is 121 Å². The van der Waals surface area contributed by atoms with Gasteiger partial charge in [-0.25, -0.2) is 9.59 Å². The summed E-state index contributed by atoms with van der Waals surface area (Å²) in [5.41, 5.74) is 0.921. The van der Waals surface area contributed by atoms with E-state index in [0.29, 0.717) is 11.3 Å². The third-order valence-electron chi connectivity index (χ3n) is 2.86. The van der Waals surface area contributed by atoms with Crippen LogP contribution in [0.3, 0.4) is 0 Å². The van der Waals surface area contributed by atoms with Crippen LogP contribution >= 0.6 is 0 Å². The van der Waals surface area contributed by atoms with Crippen LogP contribution in [0.4, 0.5) is 0 Å². The van der Waals surface area contributed by atoms with Gasteiger partial charge in [-0.1, -0.05) is 18.2 Å². The van der Waals surface area contributed by atoms with Gasteiger partial charge in [0, 0.05) is 5.56 Å². The van der Waals surface area contributed by atoms with Gasteiger partial charge in [0.2, 0.25) is 0 Å². The van der Waals surface area contributed by atoms with Crippen molar-refractivity contribution < 1.29 is 23.5 Å². The number of furan rings is 1. The van der Waals surface area contributed by atoms with Crippen molar-refractivity contribution in [3.8, 4) is 0 Å². The predicted octanol–water partition coefficient (Wildman–Crippen LogP) is 2.78. The molecule has 0 N–H and O–H groups in total. The Bertz CT molecular complexity index is 668.